The van der Waals surface area contributed by atoms with E-state index < -0.39 is 28.6 Å². The average Bonchev–Trinajstić information content (AvgIpc) is 2.50. The molecule has 1 unspecified atom stereocenters. The fourth-order valence-corrected chi connectivity index (χ4v) is 3.16. The van der Waals surface area contributed by atoms with Crippen molar-refractivity contribution in [3.63, 3.8) is 0 Å². The molecule has 1 aliphatic heterocycles. The van der Waals surface area contributed by atoms with Gasteiger partial charge in [-0.05, 0) is 13.3 Å². The van der Waals surface area contributed by atoms with Crippen LogP contribution < -0.4 is 0 Å². The van der Waals surface area contributed by atoms with Crippen LogP contribution in [0.3, 0.4) is 0 Å². The normalized spacial score (nSPS) is 18.8. The summed E-state index contributed by atoms with van der Waals surface area (Å²) in [6, 6.07) is 0. The summed E-state index contributed by atoms with van der Waals surface area (Å²) < 4.78 is 34.9. The van der Waals surface area contributed by atoms with Gasteiger partial charge >= 0.3 is 5.97 Å². The van der Waals surface area contributed by atoms with Crippen molar-refractivity contribution >= 4 is 21.9 Å². The summed E-state index contributed by atoms with van der Waals surface area (Å²) in [5, 5.41) is 8.83. The van der Waals surface area contributed by atoms with Gasteiger partial charge in [-0.3, -0.25) is 9.59 Å². The van der Waals surface area contributed by atoms with Crippen LogP contribution in [-0.2, 0) is 29.1 Å². The minimum absolute atomic E-state index is 0.0351. The number of ether oxygens (including phenoxy) is 2. The molecule has 1 amide bonds. The van der Waals surface area contributed by atoms with Crippen molar-refractivity contribution < 1.29 is 32.6 Å². The summed E-state index contributed by atoms with van der Waals surface area (Å²) >= 11 is 0. The van der Waals surface area contributed by atoms with Crippen molar-refractivity contribution in [2.75, 3.05) is 52.3 Å². The van der Waals surface area contributed by atoms with Crippen LogP contribution in [0.4, 0.5) is 0 Å². The first-order chi connectivity index (χ1) is 11.2. The zero-order chi connectivity index (χ0) is 18.2. The predicted molar refractivity (Wildman–Crippen MR) is 86.1 cm³/mol. The Balaban J connectivity index is 2.54. The third-order valence-corrected chi connectivity index (χ3v) is 4.78. The third-order valence-electron chi connectivity index (χ3n) is 3.56. The Labute approximate surface area is 142 Å². The summed E-state index contributed by atoms with van der Waals surface area (Å²) in [5.74, 6) is -1.27. The van der Waals surface area contributed by atoms with Crippen LogP contribution >= 0.6 is 0 Å². The summed E-state index contributed by atoms with van der Waals surface area (Å²) in [7, 11) is -3.67. The number of morpholine rings is 1. The van der Waals surface area contributed by atoms with Gasteiger partial charge in [0.2, 0.25) is 15.9 Å². The van der Waals surface area contributed by atoms with Crippen molar-refractivity contribution in [2.45, 2.75) is 25.9 Å². The largest absolute Gasteiger partial charge is 0.480 e. The second kappa shape index (κ2) is 9.92. The maximum absolute atomic E-state index is 12.2. The Morgan fingerprint density at radius 2 is 2.12 bits per heavy atom. The monoisotopic (exact) mass is 366 g/mol. The van der Waals surface area contributed by atoms with E-state index in [2.05, 4.69) is 0 Å². The van der Waals surface area contributed by atoms with E-state index in [1.54, 1.807) is 4.90 Å². The molecule has 0 aromatic heterocycles. The third kappa shape index (κ3) is 7.56. The number of carboxylic acids is 1. The number of nitrogens with zero attached hydrogens (tertiary/aromatic N) is 2. The van der Waals surface area contributed by atoms with Crippen molar-refractivity contribution in [2.24, 2.45) is 0 Å². The molecule has 24 heavy (non-hydrogen) atoms. The van der Waals surface area contributed by atoms with E-state index in [1.165, 1.54) is 0 Å². The Bertz CT molecular complexity index is 523. The van der Waals surface area contributed by atoms with Gasteiger partial charge in [0.05, 0.1) is 19.0 Å². The van der Waals surface area contributed by atoms with E-state index in [-0.39, 0.29) is 19.0 Å². The minimum atomic E-state index is -3.67. The molecule has 1 heterocycles. The maximum Gasteiger partial charge on any atom is 0.318 e. The van der Waals surface area contributed by atoms with Gasteiger partial charge < -0.3 is 19.5 Å². The molecule has 140 valence electrons. The molecule has 1 atom stereocenters. The van der Waals surface area contributed by atoms with E-state index in [1.807, 2.05) is 6.92 Å². The van der Waals surface area contributed by atoms with Crippen LogP contribution in [0.1, 0.15) is 19.8 Å². The summed E-state index contributed by atoms with van der Waals surface area (Å²) in [6.45, 7) is 3.30. The fourth-order valence-electron chi connectivity index (χ4n) is 2.38. The number of rotatable bonds is 10. The van der Waals surface area contributed by atoms with Crippen LogP contribution in [0, 0.1) is 0 Å². The SMILES string of the molecule is CCOCCCC(=O)N1CCOC(CN(CC(=O)O)S(C)(=O)=O)C1. The zero-order valence-electron chi connectivity index (χ0n) is 14.1. The van der Waals surface area contributed by atoms with Crippen molar-refractivity contribution in [1.82, 2.24) is 9.21 Å². The minimum Gasteiger partial charge on any atom is -0.480 e. The predicted octanol–water partition coefficient (Wildman–Crippen LogP) is -0.623. The molecule has 1 N–H and O–H groups in total. The second-order valence-corrected chi connectivity index (χ2v) is 7.56. The Morgan fingerprint density at radius 3 is 2.71 bits per heavy atom. The highest BCUT2D eigenvalue weighted by molar-refractivity contribution is 7.88. The number of aliphatic carboxylic acids is 1. The fraction of sp³-hybridized carbons (Fsp3) is 0.857. The quantitative estimate of drug-likeness (QED) is 0.512. The van der Waals surface area contributed by atoms with E-state index >= 15 is 0 Å². The Kier molecular flexibility index (Phi) is 8.60. The summed E-state index contributed by atoms with van der Waals surface area (Å²) in [5.41, 5.74) is 0. The van der Waals surface area contributed by atoms with Gasteiger partial charge in [0.15, 0.2) is 0 Å². The molecule has 10 heteroatoms. The number of carboxylic acid groups (broad SMARTS) is 1. The molecular weight excluding hydrogens is 340 g/mol. The highest BCUT2D eigenvalue weighted by Crippen LogP contribution is 2.11. The van der Waals surface area contributed by atoms with E-state index in [0.717, 1.165) is 10.6 Å². The highest BCUT2D eigenvalue weighted by atomic mass is 32.2. The lowest BCUT2D eigenvalue weighted by Crippen LogP contribution is -2.51. The molecule has 0 aromatic rings. The Morgan fingerprint density at radius 1 is 1.42 bits per heavy atom. The van der Waals surface area contributed by atoms with Gasteiger partial charge in [-0.1, -0.05) is 0 Å². The molecular formula is C14H26N2O7S. The molecule has 0 radical (unpaired) electrons. The second-order valence-electron chi connectivity index (χ2n) is 5.58. The van der Waals surface area contributed by atoms with Crippen molar-refractivity contribution in [3.05, 3.63) is 0 Å². The number of carbonyl (C=O) groups excluding carboxylic acids is 1. The molecule has 1 rings (SSSR count). The molecule has 1 aliphatic rings. The lowest BCUT2D eigenvalue weighted by Gasteiger charge is -2.35. The van der Waals surface area contributed by atoms with Gasteiger partial charge in [0.1, 0.15) is 6.54 Å². The smallest absolute Gasteiger partial charge is 0.318 e. The molecule has 0 aliphatic carbocycles. The van der Waals surface area contributed by atoms with Gasteiger partial charge in [0, 0.05) is 39.3 Å². The standard InChI is InChI=1S/C14H26N2O7S/c1-3-22-7-4-5-13(17)15-6-8-23-12(9-15)10-16(11-14(18)19)24(2,20)21/h12H,3-11H2,1-2H3,(H,18,19). The molecule has 0 saturated carbocycles. The lowest BCUT2D eigenvalue weighted by molar-refractivity contribution is -0.141. The van der Waals surface area contributed by atoms with E-state index in [9.17, 15) is 18.0 Å². The number of hydrogen-bond donors (Lipinski definition) is 1. The molecule has 0 spiro atoms. The van der Waals surface area contributed by atoms with E-state index in [0.29, 0.717) is 39.2 Å². The van der Waals surface area contributed by atoms with Gasteiger partial charge in [-0.15, -0.1) is 0 Å². The molecule has 0 bridgehead atoms. The molecule has 1 fully saturated rings. The number of carbonyl (C=O) groups is 2. The first-order valence-corrected chi connectivity index (χ1v) is 9.73. The zero-order valence-corrected chi connectivity index (χ0v) is 15.0. The Hall–Kier alpha value is -1.23. The van der Waals surface area contributed by atoms with Crippen LogP contribution in [0.5, 0.6) is 0 Å². The van der Waals surface area contributed by atoms with Gasteiger partial charge in [0.25, 0.3) is 0 Å². The first kappa shape index (κ1) is 20.8. The van der Waals surface area contributed by atoms with Gasteiger partial charge in [-0.25, -0.2) is 8.42 Å². The highest BCUT2D eigenvalue weighted by Gasteiger charge is 2.29. The molecule has 9 nitrogen and oxygen atoms in total. The summed E-state index contributed by atoms with van der Waals surface area (Å²) in [4.78, 5) is 24.6. The molecule has 0 aromatic carbocycles. The first-order valence-electron chi connectivity index (χ1n) is 7.88. The van der Waals surface area contributed by atoms with Crippen molar-refractivity contribution in [3.8, 4) is 0 Å². The van der Waals surface area contributed by atoms with Crippen LogP contribution in [0.15, 0.2) is 0 Å². The number of amides is 1. The van der Waals surface area contributed by atoms with Crippen LogP contribution in [0.25, 0.3) is 0 Å². The van der Waals surface area contributed by atoms with Gasteiger partial charge in [-0.2, -0.15) is 4.31 Å². The summed E-state index contributed by atoms with van der Waals surface area (Å²) in [6.07, 6.45) is 1.40. The lowest BCUT2D eigenvalue weighted by atomic mass is 10.2. The maximum atomic E-state index is 12.2. The average molecular weight is 366 g/mol. The van der Waals surface area contributed by atoms with Crippen molar-refractivity contribution in [1.29, 1.82) is 0 Å². The van der Waals surface area contributed by atoms with E-state index in [4.69, 9.17) is 14.6 Å². The topological polar surface area (TPSA) is 113 Å². The van der Waals surface area contributed by atoms with Crippen LogP contribution in [-0.4, -0.2) is 93.0 Å². The number of sulfonamides is 1. The van der Waals surface area contributed by atoms with Crippen LogP contribution in [0.2, 0.25) is 0 Å². The molecule has 1 saturated heterocycles. The number of hydrogen-bond acceptors (Lipinski definition) is 6.